The van der Waals surface area contributed by atoms with Gasteiger partial charge in [0.2, 0.25) is 0 Å². The lowest BCUT2D eigenvalue weighted by molar-refractivity contribution is -0.137. The van der Waals surface area contributed by atoms with Crippen LogP contribution in [0.2, 0.25) is 0 Å². The van der Waals surface area contributed by atoms with E-state index in [0.29, 0.717) is 17.0 Å². The molecule has 0 aliphatic heterocycles. The molecule has 0 bridgehead atoms. The minimum absolute atomic E-state index is 0.0607. The molecule has 0 aliphatic carbocycles. The normalized spacial score (nSPS) is 11.4. The molecule has 1 heterocycles. The molecule has 9 heteroatoms. The molecular weight excluding hydrogens is 339 g/mol. The third kappa shape index (κ3) is 4.96. The van der Waals surface area contributed by atoms with E-state index < -0.39 is 17.6 Å². The molecular formula is C16H18F3N3O3. The molecule has 0 spiro atoms. The van der Waals surface area contributed by atoms with Crippen molar-refractivity contribution in [3.63, 3.8) is 0 Å². The number of hydrogen-bond acceptors (Lipinski definition) is 4. The second kappa shape index (κ2) is 7.56. The van der Waals surface area contributed by atoms with E-state index >= 15 is 0 Å². The fourth-order valence-electron chi connectivity index (χ4n) is 2.12. The van der Waals surface area contributed by atoms with Crippen LogP contribution < -0.4 is 10.2 Å². The molecule has 1 aromatic heterocycles. The van der Waals surface area contributed by atoms with Gasteiger partial charge in [0.25, 0.3) is 5.91 Å². The van der Waals surface area contributed by atoms with Crippen LogP contribution in [0.4, 0.5) is 13.2 Å². The van der Waals surface area contributed by atoms with Gasteiger partial charge in [-0.05, 0) is 31.5 Å². The molecule has 136 valence electrons. The van der Waals surface area contributed by atoms with Gasteiger partial charge in [-0.1, -0.05) is 12.1 Å². The number of halogens is 3. The Kier molecular flexibility index (Phi) is 5.68. The van der Waals surface area contributed by atoms with Gasteiger partial charge in [0, 0.05) is 7.05 Å². The van der Waals surface area contributed by atoms with Crippen LogP contribution in [0.3, 0.4) is 0 Å². The van der Waals surface area contributed by atoms with E-state index in [0.717, 1.165) is 17.8 Å². The standard InChI is InChI=1S/C16H18F3N3O3/c1-10-15(11(2)22(3)20-10)24-9-14(23)21-25-8-12-4-6-13(7-5-12)16(17,18)19/h4-7H,8-9H2,1-3H3,(H,21,23). The van der Waals surface area contributed by atoms with E-state index in [-0.39, 0.29) is 13.2 Å². The Hall–Kier alpha value is -2.55. The number of carbonyl (C=O) groups is 1. The summed E-state index contributed by atoms with van der Waals surface area (Å²) in [5, 5.41) is 4.16. The van der Waals surface area contributed by atoms with Crippen molar-refractivity contribution in [2.45, 2.75) is 26.6 Å². The number of aromatic nitrogens is 2. The number of nitrogens with one attached hydrogen (secondary N) is 1. The number of rotatable bonds is 6. The molecule has 1 amide bonds. The van der Waals surface area contributed by atoms with Gasteiger partial charge in [0.1, 0.15) is 5.69 Å². The van der Waals surface area contributed by atoms with Crippen LogP contribution in [0, 0.1) is 13.8 Å². The van der Waals surface area contributed by atoms with Gasteiger partial charge in [0.05, 0.1) is 17.9 Å². The summed E-state index contributed by atoms with van der Waals surface area (Å²) in [6.07, 6.45) is -4.38. The highest BCUT2D eigenvalue weighted by Crippen LogP contribution is 2.29. The minimum Gasteiger partial charge on any atom is -0.480 e. The number of amides is 1. The Morgan fingerprint density at radius 2 is 1.88 bits per heavy atom. The zero-order chi connectivity index (χ0) is 18.6. The molecule has 0 aliphatic rings. The summed E-state index contributed by atoms with van der Waals surface area (Å²) in [6.45, 7) is 3.25. The van der Waals surface area contributed by atoms with Crippen LogP contribution in [-0.2, 0) is 29.5 Å². The highest BCUT2D eigenvalue weighted by molar-refractivity contribution is 5.76. The number of carbonyl (C=O) groups excluding carboxylic acids is 1. The maximum absolute atomic E-state index is 12.5. The third-order valence-electron chi connectivity index (χ3n) is 3.50. The zero-order valence-electron chi connectivity index (χ0n) is 14.0. The highest BCUT2D eigenvalue weighted by atomic mass is 19.4. The fourth-order valence-corrected chi connectivity index (χ4v) is 2.12. The van der Waals surface area contributed by atoms with Crippen molar-refractivity contribution in [1.82, 2.24) is 15.3 Å². The molecule has 2 aromatic rings. The van der Waals surface area contributed by atoms with Gasteiger partial charge in [-0.25, -0.2) is 5.48 Å². The lowest BCUT2D eigenvalue weighted by Gasteiger charge is -2.09. The van der Waals surface area contributed by atoms with Crippen LogP contribution in [0.5, 0.6) is 5.75 Å². The molecule has 0 saturated carbocycles. The van der Waals surface area contributed by atoms with Crippen molar-refractivity contribution in [3.8, 4) is 5.75 Å². The van der Waals surface area contributed by atoms with Crippen molar-refractivity contribution in [2.24, 2.45) is 7.05 Å². The van der Waals surface area contributed by atoms with E-state index in [4.69, 9.17) is 9.57 Å². The predicted molar refractivity (Wildman–Crippen MR) is 82.6 cm³/mol. The topological polar surface area (TPSA) is 65.4 Å². The lowest BCUT2D eigenvalue weighted by Crippen LogP contribution is -2.29. The summed E-state index contributed by atoms with van der Waals surface area (Å²) in [7, 11) is 1.77. The SMILES string of the molecule is Cc1nn(C)c(C)c1OCC(=O)NOCc1ccc(C(F)(F)F)cc1. The molecule has 1 N–H and O–H groups in total. The predicted octanol–water partition coefficient (Wildman–Crippen LogP) is 2.68. The number of benzene rings is 1. The summed E-state index contributed by atoms with van der Waals surface area (Å²) >= 11 is 0. The van der Waals surface area contributed by atoms with Crippen molar-refractivity contribution >= 4 is 5.91 Å². The van der Waals surface area contributed by atoms with Crippen LogP contribution in [0.15, 0.2) is 24.3 Å². The van der Waals surface area contributed by atoms with Gasteiger partial charge in [-0.15, -0.1) is 0 Å². The zero-order valence-corrected chi connectivity index (χ0v) is 14.0. The van der Waals surface area contributed by atoms with Gasteiger partial charge < -0.3 is 4.74 Å². The number of alkyl halides is 3. The number of hydrogen-bond donors (Lipinski definition) is 1. The molecule has 2 rings (SSSR count). The second-order valence-corrected chi connectivity index (χ2v) is 5.42. The molecule has 0 saturated heterocycles. The summed E-state index contributed by atoms with van der Waals surface area (Å²) in [5.74, 6) is 0.00922. The Morgan fingerprint density at radius 3 is 2.40 bits per heavy atom. The van der Waals surface area contributed by atoms with Crippen LogP contribution >= 0.6 is 0 Å². The highest BCUT2D eigenvalue weighted by Gasteiger charge is 2.29. The van der Waals surface area contributed by atoms with Gasteiger partial charge >= 0.3 is 6.18 Å². The van der Waals surface area contributed by atoms with Crippen molar-refractivity contribution < 1.29 is 27.5 Å². The van der Waals surface area contributed by atoms with Crippen molar-refractivity contribution in [1.29, 1.82) is 0 Å². The van der Waals surface area contributed by atoms with E-state index in [2.05, 4.69) is 10.6 Å². The number of nitrogens with zero attached hydrogens (tertiary/aromatic N) is 2. The number of ether oxygens (including phenoxy) is 1. The summed E-state index contributed by atoms with van der Waals surface area (Å²) in [5.41, 5.74) is 3.39. The van der Waals surface area contributed by atoms with Crippen molar-refractivity contribution in [3.05, 3.63) is 46.8 Å². The first-order valence-electron chi connectivity index (χ1n) is 7.38. The smallest absolute Gasteiger partial charge is 0.416 e. The quantitative estimate of drug-likeness (QED) is 0.808. The molecule has 0 unspecified atom stereocenters. The molecule has 0 atom stereocenters. The molecule has 6 nitrogen and oxygen atoms in total. The largest absolute Gasteiger partial charge is 0.480 e. The number of hydroxylamine groups is 1. The van der Waals surface area contributed by atoms with Gasteiger partial charge in [0.15, 0.2) is 12.4 Å². The summed E-state index contributed by atoms with van der Waals surface area (Å²) in [6, 6.07) is 4.48. The van der Waals surface area contributed by atoms with Crippen LogP contribution in [-0.4, -0.2) is 22.3 Å². The van der Waals surface area contributed by atoms with Gasteiger partial charge in [-0.2, -0.15) is 18.3 Å². The minimum atomic E-state index is -4.38. The maximum atomic E-state index is 12.5. The molecule has 0 fully saturated rings. The summed E-state index contributed by atoms with van der Waals surface area (Å²) < 4.78 is 44.4. The molecule has 0 radical (unpaired) electrons. The Morgan fingerprint density at radius 1 is 1.24 bits per heavy atom. The molecule has 25 heavy (non-hydrogen) atoms. The Labute approximate surface area is 142 Å². The van der Waals surface area contributed by atoms with Crippen LogP contribution in [0.1, 0.15) is 22.5 Å². The third-order valence-corrected chi connectivity index (χ3v) is 3.50. The van der Waals surface area contributed by atoms with Crippen LogP contribution in [0.25, 0.3) is 0 Å². The van der Waals surface area contributed by atoms with E-state index in [9.17, 15) is 18.0 Å². The first-order chi connectivity index (χ1) is 11.7. The van der Waals surface area contributed by atoms with Gasteiger partial charge in [-0.3, -0.25) is 14.3 Å². The number of aryl methyl sites for hydroxylation is 2. The summed E-state index contributed by atoms with van der Waals surface area (Å²) in [4.78, 5) is 16.7. The van der Waals surface area contributed by atoms with E-state index in [1.54, 1.807) is 18.7 Å². The van der Waals surface area contributed by atoms with E-state index in [1.165, 1.54) is 12.1 Å². The first-order valence-corrected chi connectivity index (χ1v) is 7.38. The second-order valence-electron chi connectivity index (χ2n) is 5.42. The van der Waals surface area contributed by atoms with Crippen molar-refractivity contribution in [2.75, 3.05) is 6.61 Å². The first kappa shape index (κ1) is 18.8. The average molecular weight is 357 g/mol. The fraction of sp³-hybridized carbons (Fsp3) is 0.375. The maximum Gasteiger partial charge on any atom is 0.416 e. The monoisotopic (exact) mass is 357 g/mol. The van der Waals surface area contributed by atoms with E-state index in [1.807, 2.05) is 6.92 Å². The Balaban J connectivity index is 1.77. The Bertz CT molecular complexity index is 740. The lowest BCUT2D eigenvalue weighted by atomic mass is 10.1. The average Bonchev–Trinajstić information content (AvgIpc) is 2.78. The molecule has 1 aromatic carbocycles.